The highest BCUT2D eigenvalue weighted by Crippen LogP contribution is 2.40. The average Bonchev–Trinajstić information content (AvgIpc) is 2.46. The second-order valence-corrected chi connectivity index (χ2v) is 6.13. The van der Waals surface area contributed by atoms with Gasteiger partial charge in [-0.2, -0.15) is 5.26 Å². The van der Waals surface area contributed by atoms with Gasteiger partial charge in [-0.15, -0.1) is 0 Å². The first-order valence-corrected chi connectivity index (χ1v) is 7.63. The van der Waals surface area contributed by atoms with Gasteiger partial charge in [-0.05, 0) is 49.8 Å². The third kappa shape index (κ3) is 2.44. The van der Waals surface area contributed by atoms with E-state index in [1.807, 2.05) is 12.1 Å². The van der Waals surface area contributed by atoms with Gasteiger partial charge in [-0.1, -0.05) is 24.4 Å². The van der Waals surface area contributed by atoms with E-state index in [1.165, 1.54) is 38.5 Å². The van der Waals surface area contributed by atoms with Crippen molar-refractivity contribution < 1.29 is 0 Å². The van der Waals surface area contributed by atoms with Crippen molar-refractivity contribution in [2.24, 2.45) is 5.92 Å². The molecule has 1 saturated heterocycles. The molecule has 2 unspecified atom stereocenters. The van der Waals surface area contributed by atoms with E-state index in [-0.39, 0.29) is 0 Å². The molecular formula is C16H19ClN2. The summed E-state index contributed by atoms with van der Waals surface area (Å²) < 4.78 is 0. The summed E-state index contributed by atoms with van der Waals surface area (Å²) in [6, 6.07) is 8.51. The highest BCUT2D eigenvalue weighted by molar-refractivity contribution is 6.33. The average molecular weight is 275 g/mol. The molecule has 1 aliphatic heterocycles. The summed E-state index contributed by atoms with van der Waals surface area (Å²) in [7, 11) is 0. The summed E-state index contributed by atoms with van der Waals surface area (Å²) in [5.74, 6) is 0.842. The number of piperidine rings is 1. The first-order chi connectivity index (χ1) is 9.29. The molecular weight excluding hydrogens is 256 g/mol. The van der Waals surface area contributed by atoms with Crippen LogP contribution in [-0.2, 0) is 0 Å². The number of fused-ring (bicyclic) bond motifs is 1. The largest absolute Gasteiger partial charge is 0.367 e. The van der Waals surface area contributed by atoms with Gasteiger partial charge in [-0.25, -0.2) is 0 Å². The van der Waals surface area contributed by atoms with E-state index in [1.54, 1.807) is 6.07 Å². The SMILES string of the molecule is N#Cc1ccc(N2CCCC3CCCCC32)c(Cl)c1. The number of nitriles is 1. The van der Waals surface area contributed by atoms with Crippen LogP contribution in [0.3, 0.4) is 0 Å². The van der Waals surface area contributed by atoms with Crippen LogP contribution in [0.5, 0.6) is 0 Å². The van der Waals surface area contributed by atoms with Crippen molar-refractivity contribution in [1.29, 1.82) is 5.26 Å². The lowest BCUT2D eigenvalue weighted by Crippen LogP contribution is -2.47. The second kappa shape index (κ2) is 5.43. The van der Waals surface area contributed by atoms with Crippen LogP contribution < -0.4 is 4.90 Å². The van der Waals surface area contributed by atoms with E-state index in [0.717, 1.165) is 23.2 Å². The minimum absolute atomic E-state index is 0.644. The van der Waals surface area contributed by atoms with E-state index < -0.39 is 0 Å². The minimum Gasteiger partial charge on any atom is -0.367 e. The molecule has 2 nitrogen and oxygen atoms in total. The first kappa shape index (κ1) is 12.8. The fourth-order valence-electron chi connectivity index (χ4n) is 3.73. The van der Waals surface area contributed by atoms with Crippen molar-refractivity contribution in [3.8, 4) is 6.07 Å². The molecule has 1 heterocycles. The smallest absolute Gasteiger partial charge is 0.0992 e. The molecule has 1 aromatic carbocycles. The molecule has 0 spiro atoms. The normalized spacial score (nSPS) is 26.6. The highest BCUT2D eigenvalue weighted by atomic mass is 35.5. The molecule has 0 N–H and O–H groups in total. The molecule has 2 aliphatic rings. The molecule has 0 aromatic heterocycles. The Morgan fingerprint density at radius 3 is 2.74 bits per heavy atom. The summed E-state index contributed by atoms with van der Waals surface area (Å²) in [5, 5.41) is 9.66. The summed E-state index contributed by atoms with van der Waals surface area (Å²) in [6.45, 7) is 1.10. The van der Waals surface area contributed by atoms with Crippen LogP contribution in [0.1, 0.15) is 44.1 Å². The van der Waals surface area contributed by atoms with E-state index >= 15 is 0 Å². The zero-order valence-electron chi connectivity index (χ0n) is 11.1. The predicted octanol–water partition coefficient (Wildman–Crippen LogP) is 4.37. The number of hydrogen-bond donors (Lipinski definition) is 0. The molecule has 3 rings (SSSR count). The van der Waals surface area contributed by atoms with Gasteiger partial charge in [0, 0.05) is 12.6 Å². The van der Waals surface area contributed by atoms with E-state index in [4.69, 9.17) is 16.9 Å². The quantitative estimate of drug-likeness (QED) is 0.760. The van der Waals surface area contributed by atoms with Gasteiger partial charge in [0.1, 0.15) is 0 Å². The van der Waals surface area contributed by atoms with Gasteiger partial charge in [0.05, 0.1) is 22.3 Å². The molecule has 2 atom stereocenters. The van der Waals surface area contributed by atoms with Gasteiger partial charge in [0.2, 0.25) is 0 Å². The topological polar surface area (TPSA) is 27.0 Å². The predicted molar refractivity (Wildman–Crippen MR) is 78.5 cm³/mol. The molecule has 1 aromatic rings. The number of halogens is 1. The third-order valence-electron chi connectivity index (χ3n) is 4.63. The number of hydrogen-bond acceptors (Lipinski definition) is 2. The Hall–Kier alpha value is -1.20. The number of anilines is 1. The molecule has 1 aliphatic carbocycles. The zero-order valence-corrected chi connectivity index (χ0v) is 11.9. The number of nitrogens with zero attached hydrogens (tertiary/aromatic N) is 2. The molecule has 3 heteroatoms. The maximum Gasteiger partial charge on any atom is 0.0992 e. The van der Waals surface area contributed by atoms with Gasteiger partial charge < -0.3 is 4.90 Å². The van der Waals surface area contributed by atoms with Crippen LogP contribution in [-0.4, -0.2) is 12.6 Å². The summed E-state index contributed by atoms with van der Waals surface area (Å²) >= 11 is 6.38. The van der Waals surface area contributed by atoms with Crippen LogP contribution in [0.15, 0.2) is 18.2 Å². The Morgan fingerprint density at radius 1 is 1.16 bits per heavy atom. The summed E-state index contributed by atoms with van der Waals surface area (Å²) in [4.78, 5) is 2.50. The minimum atomic E-state index is 0.644. The fraction of sp³-hybridized carbons (Fsp3) is 0.562. The zero-order chi connectivity index (χ0) is 13.2. The maximum atomic E-state index is 8.93. The number of rotatable bonds is 1. The fourth-order valence-corrected chi connectivity index (χ4v) is 4.02. The Kier molecular flexibility index (Phi) is 3.66. The van der Waals surface area contributed by atoms with Crippen LogP contribution in [0.2, 0.25) is 5.02 Å². The van der Waals surface area contributed by atoms with Crippen molar-refractivity contribution in [3.05, 3.63) is 28.8 Å². The standard InChI is InChI=1S/C16H19ClN2/c17-14-10-12(11-18)7-8-16(14)19-9-3-5-13-4-1-2-6-15(13)19/h7-8,10,13,15H,1-6,9H2. The van der Waals surface area contributed by atoms with Crippen molar-refractivity contribution >= 4 is 17.3 Å². The van der Waals surface area contributed by atoms with Gasteiger partial charge in [0.25, 0.3) is 0 Å². The molecule has 0 amide bonds. The summed E-state index contributed by atoms with van der Waals surface area (Å²) in [5.41, 5.74) is 1.77. The van der Waals surface area contributed by atoms with Crippen LogP contribution in [0.25, 0.3) is 0 Å². The number of benzene rings is 1. The molecule has 0 radical (unpaired) electrons. The van der Waals surface area contributed by atoms with Crippen molar-refractivity contribution in [1.82, 2.24) is 0 Å². The Balaban J connectivity index is 1.90. The lowest BCUT2D eigenvalue weighted by Gasteiger charge is -2.45. The third-order valence-corrected chi connectivity index (χ3v) is 4.93. The molecule has 100 valence electrons. The Bertz CT molecular complexity index is 504. The molecule has 19 heavy (non-hydrogen) atoms. The highest BCUT2D eigenvalue weighted by Gasteiger charge is 2.33. The Labute approximate surface area is 120 Å². The first-order valence-electron chi connectivity index (χ1n) is 7.26. The molecule has 0 bridgehead atoms. The van der Waals surface area contributed by atoms with E-state index in [0.29, 0.717) is 11.6 Å². The monoisotopic (exact) mass is 274 g/mol. The van der Waals surface area contributed by atoms with Crippen molar-refractivity contribution in [2.45, 2.75) is 44.6 Å². The maximum absolute atomic E-state index is 8.93. The van der Waals surface area contributed by atoms with Crippen LogP contribution in [0.4, 0.5) is 5.69 Å². The second-order valence-electron chi connectivity index (χ2n) is 5.73. The van der Waals surface area contributed by atoms with E-state index in [9.17, 15) is 0 Å². The van der Waals surface area contributed by atoms with Crippen LogP contribution >= 0.6 is 11.6 Å². The summed E-state index contributed by atoms with van der Waals surface area (Å²) in [6.07, 6.45) is 8.02. The lowest BCUT2D eigenvalue weighted by atomic mass is 9.78. The van der Waals surface area contributed by atoms with Gasteiger partial charge in [0.15, 0.2) is 0 Å². The van der Waals surface area contributed by atoms with Crippen molar-refractivity contribution in [2.75, 3.05) is 11.4 Å². The van der Waals surface area contributed by atoms with Gasteiger partial charge >= 0.3 is 0 Å². The van der Waals surface area contributed by atoms with Crippen LogP contribution in [0, 0.1) is 17.2 Å². The Morgan fingerprint density at radius 2 is 1.95 bits per heavy atom. The molecule has 1 saturated carbocycles. The molecule has 2 fully saturated rings. The lowest BCUT2D eigenvalue weighted by molar-refractivity contribution is 0.244. The van der Waals surface area contributed by atoms with Gasteiger partial charge in [-0.3, -0.25) is 0 Å². The van der Waals surface area contributed by atoms with E-state index in [2.05, 4.69) is 11.0 Å². The van der Waals surface area contributed by atoms with Crippen molar-refractivity contribution in [3.63, 3.8) is 0 Å².